The number of halogens is 2. The van der Waals surface area contributed by atoms with E-state index in [1.807, 2.05) is 32.9 Å². The Labute approximate surface area is 138 Å². The molecule has 0 saturated carbocycles. The minimum absolute atomic E-state index is 0. The molecule has 0 aromatic heterocycles. The summed E-state index contributed by atoms with van der Waals surface area (Å²) in [4.78, 5) is 3.25. The SMILES string of the molecule is CC(C)(C)[NH-].Cl.Cl.[C-]1=CC=CC1.[CH2-]CO.[CH2]=[Ti].[CH3-]. The van der Waals surface area contributed by atoms with Crippen LogP contribution in [0.2, 0.25) is 0 Å². The number of aliphatic hydroxyl groups is 1. The van der Waals surface area contributed by atoms with Crippen molar-refractivity contribution in [2.45, 2.75) is 32.7 Å². The molecule has 0 aliphatic heterocycles. The van der Waals surface area contributed by atoms with E-state index in [9.17, 15) is 0 Å². The van der Waals surface area contributed by atoms with Crippen molar-refractivity contribution >= 4 is 29.6 Å². The Morgan fingerprint density at radius 1 is 1.39 bits per heavy atom. The summed E-state index contributed by atoms with van der Waals surface area (Å²) in [6.07, 6.45) is 10.0. The second-order valence-electron chi connectivity index (χ2n) is 3.48. The maximum absolute atomic E-state index is 7.46. The van der Waals surface area contributed by atoms with Gasteiger partial charge in [-0.05, 0) is 0 Å². The number of allylic oxidation sites excluding steroid dienone is 4. The van der Waals surface area contributed by atoms with Crippen molar-refractivity contribution in [2.24, 2.45) is 0 Å². The van der Waals surface area contributed by atoms with Crippen molar-refractivity contribution in [2.75, 3.05) is 6.61 Å². The maximum atomic E-state index is 7.46. The summed E-state index contributed by atoms with van der Waals surface area (Å²) in [7, 11) is 0. The van der Waals surface area contributed by atoms with Crippen LogP contribution >= 0.6 is 24.8 Å². The molecule has 0 unspecified atom stereocenters. The predicted octanol–water partition coefficient (Wildman–Crippen LogP) is 4.21. The van der Waals surface area contributed by atoms with Crippen molar-refractivity contribution in [1.82, 2.24) is 0 Å². The molecular weight excluding hydrogens is 305 g/mol. The minimum atomic E-state index is -0.250. The largest absolute Gasteiger partial charge is 0.358 e. The first-order valence-electron chi connectivity index (χ1n) is 4.64. The van der Waals surface area contributed by atoms with Gasteiger partial charge in [-0.1, -0.05) is 27.4 Å². The first-order valence-corrected chi connectivity index (χ1v) is 5.74. The van der Waals surface area contributed by atoms with E-state index in [1.165, 1.54) is 0 Å². The molecule has 0 atom stereocenters. The average Bonchev–Trinajstić information content (AvgIpc) is 2.61. The fraction of sp³-hybridized carbons (Fsp3) is 0.462. The van der Waals surface area contributed by atoms with E-state index in [-0.39, 0.29) is 44.4 Å². The average molecular weight is 332 g/mol. The molecule has 1 rings (SSSR count). The molecule has 0 saturated heterocycles. The molecule has 18 heavy (non-hydrogen) atoms. The molecule has 0 spiro atoms. The van der Waals surface area contributed by atoms with Crippen LogP contribution < -0.4 is 0 Å². The molecule has 0 aromatic rings. The summed E-state index contributed by atoms with van der Waals surface area (Å²) >= 11 is 1.75. The number of aliphatic hydroxyl groups excluding tert-OH is 1. The van der Waals surface area contributed by atoms with E-state index in [2.05, 4.69) is 23.9 Å². The van der Waals surface area contributed by atoms with Gasteiger partial charge in [0.15, 0.2) is 0 Å². The van der Waals surface area contributed by atoms with Crippen molar-refractivity contribution in [3.05, 3.63) is 44.4 Å². The molecule has 0 radical (unpaired) electrons. The monoisotopic (exact) mass is 331 g/mol. The maximum Gasteiger partial charge on any atom is -0.358 e. The van der Waals surface area contributed by atoms with Gasteiger partial charge in [-0.15, -0.1) is 36.8 Å². The minimum Gasteiger partial charge on any atom is -0.358 e. The third kappa shape index (κ3) is 130. The number of hydrogen-bond acceptors (Lipinski definition) is 1. The zero-order valence-corrected chi connectivity index (χ0v) is 15.0. The third-order valence-electron chi connectivity index (χ3n) is 0.586. The first-order chi connectivity index (χ1) is 6.91. The smallest absolute Gasteiger partial charge is 0.358 e. The van der Waals surface area contributed by atoms with Gasteiger partial charge in [-0.25, -0.2) is 12.2 Å². The normalized spacial score (nSPS) is 9.39. The third-order valence-corrected chi connectivity index (χ3v) is 0.586. The summed E-state index contributed by atoms with van der Waals surface area (Å²) < 4.78 is 0. The van der Waals surface area contributed by atoms with E-state index >= 15 is 0 Å². The van der Waals surface area contributed by atoms with E-state index in [4.69, 9.17) is 10.8 Å². The Morgan fingerprint density at radius 2 is 1.67 bits per heavy atom. The number of rotatable bonds is 0. The zero-order valence-electron chi connectivity index (χ0n) is 11.8. The first kappa shape index (κ1) is 36.3. The topological polar surface area (TPSA) is 44.0 Å². The Morgan fingerprint density at radius 3 is 1.72 bits per heavy atom. The van der Waals surface area contributed by atoms with E-state index < -0.39 is 0 Å². The Bertz CT molecular complexity index is 153. The fourth-order valence-corrected chi connectivity index (χ4v) is 0.340. The van der Waals surface area contributed by atoms with Crippen LogP contribution in [0.3, 0.4) is 0 Å². The van der Waals surface area contributed by atoms with Gasteiger partial charge in [0, 0.05) is 0 Å². The fourth-order valence-electron chi connectivity index (χ4n) is 0.340. The van der Waals surface area contributed by atoms with Gasteiger partial charge in [0.25, 0.3) is 0 Å². The molecule has 0 bridgehead atoms. The van der Waals surface area contributed by atoms with Crippen LogP contribution in [-0.4, -0.2) is 22.1 Å². The molecule has 2 N–H and O–H groups in total. The molecule has 0 amide bonds. The van der Waals surface area contributed by atoms with Crippen molar-refractivity contribution in [3.8, 4) is 0 Å². The standard InChI is InChI=1S/C5H5.C4H10N.C2H5O.CH3.CH2.2ClH.Ti/c1-2-4-5-3-1;1-4(2,3)5;1-2-3;;;;;/h1-3H,4H2;5H,1-3H3;3H,1-2H2;1H3;1H2;2*1H;/q4*-1;;;;. The van der Waals surface area contributed by atoms with Crippen LogP contribution in [0.1, 0.15) is 27.2 Å². The van der Waals surface area contributed by atoms with Gasteiger partial charge in [0.1, 0.15) is 0 Å². The van der Waals surface area contributed by atoms with Crippen molar-refractivity contribution in [1.29, 1.82) is 0 Å². The van der Waals surface area contributed by atoms with Crippen LogP contribution in [0.15, 0.2) is 18.2 Å². The molecule has 0 heterocycles. The van der Waals surface area contributed by atoms with Gasteiger partial charge in [0.05, 0.1) is 0 Å². The number of nitrogens with one attached hydrogen (secondary N) is 1. The quantitative estimate of drug-likeness (QED) is 0.524. The molecule has 1 aliphatic rings. The van der Waals surface area contributed by atoms with Gasteiger partial charge in [0.2, 0.25) is 0 Å². The van der Waals surface area contributed by atoms with Crippen LogP contribution in [0.4, 0.5) is 0 Å². The van der Waals surface area contributed by atoms with E-state index in [0.29, 0.717) is 0 Å². The van der Waals surface area contributed by atoms with Crippen molar-refractivity contribution < 1.29 is 25.1 Å². The molecular formula is C13H27Cl2NOTi-4. The zero-order chi connectivity index (χ0) is 12.7. The van der Waals surface area contributed by atoms with E-state index in [0.717, 1.165) is 6.42 Å². The second kappa shape index (κ2) is 30.5. The van der Waals surface area contributed by atoms with Gasteiger partial charge < -0.3 is 25.2 Å². The van der Waals surface area contributed by atoms with Gasteiger partial charge in [-0.2, -0.15) is 6.08 Å². The summed E-state index contributed by atoms with van der Waals surface area (Å²) in [6, 6.07) is 0. The van der Waals surface area contributed by atoms with Crippen LogP contribution in [0.5, 0.6) is 0 Å². The van der Waals surface area contributed by atoms with Crippen LogP contribution in [0.25, 0.3) is 5.73 Å². The Kier molecular flexibility index (Phi) is 61.5. The van der Waals surface area contributed by atoms with Crippen LogP contribution in [-0.2, 0) is 20.0 Å². The summed E-state index contributed by atoms with van der Waals surface area (Å²) in [5.41, 5.74) is 6.69. The summed E-state index contributed by atoms with van der Waals surface area (Å²) in [6.45, 7) is 8.60. The van der Waals surface area contributed by atoms with E-state index in [1.54, 1.807) is 20.0 Å². The second-order valence-corrected chi connectivity index (χ2v) is 3.48. The predicted molar refractivity (Wildman–Crippen MR) is 86.1 cm³/mol. The van der Waals surface area contributed by atoms with Gasteiger partial charge >= 0.3 is 24.8 Å². The molecule has 0 aromatic carbocycles. The van der Waals surface area contributed by atoms with Gasteiger partial charge in [-0.3, -0.25) is 6.08 Å². The molecule has 112 valence electrons. The van der Waals surface area contributed by atoms with Crippen LogP contribution in [0, 0.1) is 20.4 Å². The molecule has 0 fully saturated rings. The Balaban J connectivity index is -0.0000000266. The molecule has 1 aliphatic carbocycles. The summed E-state index contributed by atoms with van der Waals surface area (Å²) in [5, 5.41) is 7.46. The summed E-state index contributed by atoms with van der Waals surface area (Å²) in [5.74, 6) is 0. The van der Waals surface area contributed by atoms with Crippen molar-refractivity contribution in [3.63, 3.8) is 0 Å². The molecule has 5 heteroatoms. The number of hydrogen-bond donors (Lipinski definition) is 1. The Hall–Kier alpha value is 0.564. The molecule has 2 nitrogen and oxygen atoms in total.